The molecule has 13 heavy (non-hydrogen) atoms. The van der Waals surface area contributed by atoms with Crippen molar-refractivity contribution in [2.45, 2.75) is 26.4 Å². The highest BCUT2D eigenvalue weighted by Gasteiger charge is 2.18. The summed E-state index contributed by atoms with van der Waals surface area (Å²) in [4.78, 5) is 13.2. The van der Waals surface area contributed by atoms with E-state index in [-0.39, 0.29) is 12.0 Å². The minimum atomic E-state index is 0.0786. The van der Waals surface area contributed by atoms with Crippen LogP contribution in [0.3, 0.4) is 0 Å². The molecule has 0 aromatic rings. The van der Waals surface area contributed by atoms with Crippen LogP contribution in [0.15, 0.2) is 11.6 Å². The van der Waals surface area contributed by atoms with E-state index < -0.39 is 0 Å². The molecule has 1 amide bonds. The lowest BCUT2D eigenvalue weighted by atomic mass is 10.1. The van der Waals surface area contributed by atoms with Gasteiger partial charge >= 0.3 is 0 Å². The van der Waals surface area contributed by atoms with Crippen LogP contribution in [-0.2, 0) is 9.53 Å². The molecule has 74 valence electrons. The van der Waals surface area contributed by atoms with Gasteiger partial charge in [-0.15, -0.1) is 0 Å². The van der Waals surface area contributed by atoms with E-state index in [9.17, 15) is 4.79 Å². The Hall–Kier alpha value is -0.830. The fraction of sp³-hybridized carbons (Fsp3) is 0.700. The summed E-state index contributed by atoms with van der Waals surface area (Å²) in [6.07, 6.45) is 2.72. The highest BCUT2D eigenvalue weighted by Crippen LogP contribution is 2.19. The van der Waals surface area contributed by atoms with Crippen molar-refractivity contribution in [2.75, 3.05) is 20.2 Å². The normalized spacial score (nSPS) is 25.2. The number of rotatable bonds is 2. The molecule has 1 fully saturated rings. The number of carbonyl (C=O) groups excluding carboxylic acids is 1. The molecule has 3 nitrogen and oxygen atoms in total. The number of nitrogens with zero attached hydrogens (tertiary/aromatic N) is 1. The molecule has 0 radical (unpaired) electrons. The second-order valence-corrected chi connectivity index (χ2v) is 3.33. The average Bonchev–Trinajstić information content (AvgIpc) is 2.50. The summed E-state index contributed by atoms with van der Waals surface area (Å²) in [5.41, 5.74) is 1.12. The highest BCUT2D eigenvalue weighted by atomic mass is 16.5. The van der Waals surface area contributed by atoms with Crippen molar-refractivity contribution in [3.05, 3.63) is 11.6 Å². The van der Waals surface area contributed by atoms with Gasteiger partial charge in [0.1, 0.15) is 0 Å². The van der Waals surface area contributed by atoms with Crippen molar-refractivity contribution in [2.24, 2.45) is 0 Å². The molecule has 3 heteroatoms. The van der Waals surface area contributed by atoms with E-state index in [1.54, 1.807) is 18.0 Å². The van der Waals surface area contributed by atoms with Crippen molar-refractivity contribution >= 4 is 5.91 Å². The van der Waals surface area contributed by atoms with Gasteiger partial charge in [-0.05, 0) is 25.8 Å². The summed E-state index contributed by atoms with van der Waals surface area (Å²) in [5, 5.41) is 0. The summed E-state index contributed by atoms with van der Waals surface area (Å²) in [7, 11) is 1.81. The van der Waals surface area contributed by atoms with Crippen LogP contribution in [0.1, 0.15) is 20.3 Å². The van der Waals surface area contributed by atoms with Gasteiger partial charge in [0, 0.05) is 19.7 Å². The predicted molar refractivity (Wildman–Crippen MR) is 51.4 cm³/mol. The number of amides is 1. The maximum atomic E-state index is 11.5. The molecule has 0 aliphatic carbocycles. The van der Waals surface area contributed by atoms with Gasteiger partial charge in [-0.2, -0.15) is 0 Å². The Labute approximate surface area is 79.4 Å². The zero-order valence-corrected chi connectivity index (χ0v) is 8.54. The first-order valence-electron chi connectivity index (χ1n) is 4.72. The van der Waals surface area contributed by atoms with Crippen LogP contribution in [0.5, 0.6) is 0 Å². The second-order valence-electron chi connectivity index (χ2n) is 3.33. The lowest BCUT2D eigenvalue weighted by molar-refractivity contribution is -0.124. The first-order chi connectivity index (χ1) is 6.15. The molecule has 1 unspecified atom stereocenters. The van der Waals surface area contributed by atoms with E-state index in [0.29, 0.717) is 0 Å². The minimum absolute atomic E-state index is 0.0786. The van der Waals surface area contributed by atoms with E-state index in [0.717, 1.165) is 25.1 Å². The molecular formula is C10H17NO2. The van der Waals surface area contributed by atoms with Crippen LogP contribution in [-0.4, -0.2) is 37.1 Å². The van der Waals surface area contributed by atoms with Crippen molar-refractivity contribution in [3.8, 4) is 0 Å². The van der Waals surface area contributed by atoms with Crippen molar-refractivity contribution < 1.29 is 9.53 Å². The molecule has 0 aromatic carbocycles. The first-order valence-corrected chi connectivity index (χ1v) is 4.72. The van der Waals surface area contributed by atoms with Crippen LogP contribution in [0.4, 0.5) is 0 Å². The molecule has 1 saturated heterocycles. The summed E-state index contributed by atoms with van der Waals surface area (Å²) in [6.45, 7) is 5.44. The average molecular weight is 183 g/mol. The van der Waals surface area contributed by atoms with Crippen LogP contribution in [0.2, 0.25) is 0 Å². The molecule has 0 saturated carbocycles. The van der Waals surface area contributed by atoms with Crippen molar-refractivity contribution in [1.82, 2.24) is 4.90 Å². The van der Waals surface area contributed by atoms with Gasteiger partial charge in [0.2, 0.25) is 5.91 Å². The van der Waals surface area contributed by atoms with E-state index >= 15 is 0 Å². The van der Waals surface area contributed by atoms with Crippen LogP contribution in [0.25, 0.3) is 0 Å². The first kappa shape index (κ1) is 10.3. The zero-order chi connectivity index (χ0) is 9.84. The fourth-order valence-electron chi connectivity index (χ4n) is 1.28. The number of hydrogen-bond donors (Lipinski definition) is 0. The number of ether oxygens (including phenoxy) is 1. The molecule has 1 aliphatic rings. The number of carbonyl (C=O) groups is 1. The molecule has 0 aromatic heterocycles. The Morgan fingerprint density at radius 1 is 1.77 bits per heavy atom. The standard InChI is InChI=1S/C10H17NO2/c1-4-11(3)10(12)7-9-5-6-13-8(9)2/h7-8H,4-6H2,1-3H3/b9-7-. The Balaban J connectivity index is 2.59. The smallest absolute Gasteiger partial charge is 0.246 e. The van der Waals surface area contributed by atoms with E-state index in [1.807, 2.05) is 13.8 Å². The molecule has 1 aliphatic heterocycles. The van der Waals surface area contributed by atoms with Gasteiger partial charge in [-0.3, -0.25) is 4.79 Å². The monoisotopic (exact) mass is 183 g/mol. The van der Waals surface area contributed by atoms with Gasteiger partial charge in [0.15, 0.2) is 0 Å². The fourth-order valence-corrected chi connectivity index (χ4v) is 1.28. The van der Waals surface area contributed by atoms with Crippen molar-refractivity contribution in [1.29, 1.82) is 0 Å². The number of likely N-dealkylation sites (N-methyl/N-ethyl adjacent to an activating group) is 1. The molecule has 0 N–H and O–H groups in total. The van der Waals surface area contributed by atoms with Gasteiger partial charge < -0.3 is 9.64 Å². The SMILES string of the molecule is CCN(C)C(=O)/C=C1/CCOC1C. The third kappa shape index (κ3) is 2.56. The quantitative estimate of drug-likeness (QED) is 0.602. The third-order valence-corrected chi connectivity index (χ3v) is 2.44. The summed E-state index contributed by atoms with van der Waals surface area (Å²) in [6, 6.07) is 0. The van der Waals surface area contributed by atoms with E-state index in [2.05, 4.69) is 0 Å². The van der Waals surface area contributed by atoms with E-state index in [1.165, 1.54) is 0 Å². The molecule has 1 rings (SSSR count). The zero-order valence-electron chi connectivity index (χ0n) is 8.54. The summed E-state index contributed by atoms with van der Waals surface area (Å²) < 4.78 is 5.34. The van der Waals surface area contributed by atoms with Gasteiger partial charge in [-0.25, -0.2) is 0 Å². The minimum Gasteiger partial charge on any atom is -0.374 e. The molecule has 0 spiro atoms. The Morgan fingerprint density at radius 2 is 2.46 bits per heavy atom. The lowest BCUT2D eigenvalue weighted by Gasteiger charge is -2.12. The van der Waals surface area contributed by atoms with E-state index in [4.69, 9.17) is 4.74 Å². The maximum absolute atomic E-state index is 11.5. The van der Waals surface area contributed by atoms with Crippen LogP contribution >= 0.6 is 0 Å². The van der Waals surface area contributed by atoms with Crippen LogP contribution < -0.4 is 0 Å². The lowest BCUT2D eigenvalue weighted by Crippen LogP contribution is -2.24. The molecular weight excluding hydrogens is 166 g/mol. The van der Waals surface area contributed by atoms with Gasteiger partial charge in [0.05, 0.1) is 12.7 Å². The predicted octanol–water partition coefficient (Wildman–Crippen LogP) is 1.20. The summed E-state index contributed by atoms with van der Waals surface area (Å²) in [5.74, 6) is 0.0786. The molecule has 1 heterocycles. The maximum Gasteiger partial charge on any atom is 0.246 e. The Bertz CT molecular complexity index is 223. The van der Waals surface area contributed by atoms with Crippen LogP contribution in [0, 0.1) is 0 Å². The molecule has 0 bridgehead atoms. The second kappa shape index (κ2) is 4.42. The molecule has 1 atom stereocenters. The Kier molecular flexibility index (Phi) is 3.48. The number of hydrogen-bond acceptors (Lipinski definition) is 2. The Morgan fingerprint density at radius 3 is 2.92 bits per heavy atom. The van der Waals surface area contributed by atoms with Gasteiger partial charge in [-0.1, -0.05) is 0 Å². The van der Waals surface area contributed by atoms with Gasteiger partial charge in [0.25, 0.3) is 0 Å². The highest BCUT2D eigenvalue weighted by molar-refractivity contribution is 5.88. The van der Waals surface area contributed by atoms with Crippen molar-refractivity contribution in [3.63, 3.8) is 0 Å². The third-order valence-electron chi connectivity index (χ3n) is 2.44. The topological polar surface area (TPSA) is 29.5 Å². The largest absolute Gasteiger partial charge is 0.374 e. The summed E-state index contributed by atoms with van der Waals surface area (Å²) >= 11 is 0.